The molecule has 0 fully saturated rings. The third-order valence-electron chi connectivity index (χ3n) is 2.61. The molecule has 3 aromatic rings. The zero-order chi connectivity index (χ0) is 12.5. The highest BCUT2D eigenvalue weighted by Gasteiger charge is 2.06. The zero-order valence-corrected chi connectivity index (χ0v) is 9.96. The van der Waals surface area contributed by atoms with Crippen molar-refractivity contribution in [1.29, 1.82) is 0 Å². The Kier molecular flexibility index (Phi) is 2.47. The summed E-state index contributed by atoms with van der Waals surface area (Å²) < 4.78 is 1.57. The standard InChI is InChI=1S/C13H7ClN4/c1-15-10-4-2-9(3-5-10)11-8-12(14)18-13(17-11)6-7-16-18/h2-8H. The van der Waals surface area contributed by atoms with Gasteiger partial charge in [-0.05, 0) is 5.56 Å². The molecule has 2 aromatic heterocycles. The highest BCUT2D eigenvalue weighted by Crippen LogP contribution is 2.24. The van der Waals surface area contributed by atoms with Crippen molar-refractivity contribution in [3.63, 3.8) is 0 Å². The largest absolute Gasteiger partial charge is 0.238 e. The summed E-state index contributed by atoms with van der Waals surface area (Å²) in [4.78, 5) is 7.81. The van der Waals surface area contributed by atoms with E-state index < -0.39 is 0 Å². The Morgan fingerprint density at radius 2 is 1.94 bits per heavy atom. The molecular formula is C13H7ClN4. The number of nitrogens with zero attached hydrogens (tertiary/aromatic N) is 4. The second-order valence-corrected chi connectivity index (χ2v) is 4.11. The first-order valence-electron chi connectivity index (χ1n) is 5.26. The summed E-state index contributed by atoms with van der Waals surface area (Å²) in [5.74, 6) is 0. The number of fused-ring (bicyclic) bond motifs is 1. The molecular weight excluding hydrogens is 248 g/mol. The molecule has 0 saturated heterocycles. The number of halogens is 1. The van der Waals surface area contributed by atoms with E-state index in [4.69, 9.17) is 18.2 Å². The summed E-state index contributed by atoms with van der Waals surface area (Å²) in [6, 6.07) is 10.8. The van der Waals surface area contributed by atoms with Gasteiger partial charge in [-0.3, -0.25) is 0 Å². The van der Waals surface area contributed by atoms with Crippen LogP contribution in [0.1, 0.15) is 0 Å². The Labute approximate surface area is 108 Å². The van der Waals surface area contributed by atoms with E-state index in [2.05, 4.69) is 14.9 Å². The van der Waals surface area contributed by atoms with E-state index in [0.717, 1.165) is 11.3 Å². The normalized spacial score (nSPS) is 10.4. The Hall–Kier alpha value is -2.38. The first-order valence-corrected chi connectivity index (χ1v) is 5.64. The van der Waals surface area contributed by atoms with E-state index >= 15 is 0 Å². The molecule has 0 bridgehead atoms. The molecule has 1 aromatic carbocycles. The quantitative estimate of drug-likeness (QED) is 0.491. The van der Waals surface area contributed by atoms with Gasteiger partial charge in [0.2, 0.25) is 0 Å². The average Bonchev–Trinajstić information content (AvgIpc) is 2.88. The van der Waals surface area contributed by atoms with Crippen LogP contribution in [0.4, 0.5) is 5.69 Å². The van der Waals surface area contributed by atoms with Crippen molar-refractivity contribution in [1.82, 2.24) is 14.6 Å². The molecule has 0 amide bonds. The van der Waals surface area contributed by atoms with E-state index in [1.165, 1.54) is 0 Å². The van der Waals surface area contributed by atoms with E-state index in [1.54, 1.807) is 35.0 Å². The van der Waals surface area contributed by atoms with Crippen LogP contribution in [-0.2, 0) is 0 Å². The highest BCUT2D eigenvalue weighted by atomic mass is 35.5. The Morgan fingerprint density at radius 3 is 2.67 bits per heavy atom. The van der Waals surface area contributed by atoms with Crippen LogP contribution < -0.4 is 0 Å². The Morgan fingerprint density at radius 1 is 1.17 bits per heavy atom. The van der Waals surface area contributed by atoms with Crippen molar-refractivity contribution in [2.45, 2.75) is 0 Å². The van der Waals surface area contributed by atoms with E-state index in [9.17, 15) is 0 Å². The molecule has 86 valence electrons. The second-order valence-electron chi connectivity index (χ2n) is 3.72. The van der Waals surface area contributed by atoms with E-state index in [-0.39, 0.29) is 0 Å². The van der Waals surface area contributed by atoms with Crippen LogP contribution in [-0.4, -0.2) is 14.6 Å². The topological polar surface area (TPSA) is 34.5 Å². The maximum Gasteiger partial charge on any atom is 0.187 e. The third-order valence-corrected chi connectivity index (χ3v) is 2.88. The molecule has 0 atom stereocenters. The number of hydrogen-bond donors (Lipinski definition) is 0. The smallest absolute Gasteiger partial charge is 0.187 e. The maximum atomic E-state index is 6.92. The lowest BCUT2D eigenvalue weighted by Gasteiger charge is -2.03. The molecule has 4 nitrogen and oxygen atoms in total. The summed E-state index contributed by atoms with van der Waals surface area (Å²) in [7, 11) is 0. The van der Waals surface area contributed by atoms with Crippen LogP contribution in [0, 0.1) is 6.57 Å². The van der Waals surface area contributed by atoms with Gasteiger partial charge < -0.3 is 0 Å². The molecule has 3 rings (SSSR count). The first kappa shape index (κ1) is 10.8. The number of aromatic nitrogens is 3. The molecule has 0 aliphatic carbocycles. The summed E-state index contributed by atoms with van der Waals surface area (Å²) in [5.41, 5.74) is 3.00. The van der Waals surface area contributed by atoms with Crippen molar-refractivity contribution < 1.29 is 0 Å². The van der Waals surface area contributed by atoms with Gasteiger partial charge >= 0.3 is 0 Å². The molecule has 5 heteroatoms. The molecule has 18 heavy (non-hydrogen) atoms. The van der Waals surface area contributed by atoms with Crippen LogP contribution >= 0.6 is 11.6 Å². The van der Waals surface area contributed by atoms with Crippen molar-refractivity contribution >= 4 is 22.9 Å². The number of hydrogen-bond acceptors (Lipinski definition) is 2. The predicted octanol–water partition coefficient (Wildman–Crippen LogP) is 3.60. The lowest BCUT2D eigenvalue weighted by Crippen LogP contribution is -1.94. The SMILES string of the molecule is [C-]#[N+]c1ccc(-c2cc(Cl)n3nccc3n2)cc1. The van der Waals surface area contributed by atoms with Gasteiger partial charge in [-0.25, -0.2) is 14.3 Å². The molecule has 0 N–H and O–H groups in total. The lowest BCUT2D eigenvalue weighted by molar-refractivity contribution is 0.942. The Bertz CT molecular complexity index is 753. The Balaban J connectivity index is 2.15. The fraction of sp³-hybridized carbons (Fsp3) is 0. The van der Waals surface area contributed by atoms with Crippen molar-refractivity contribution in [3.05, 3.63) is 59.2 Å². The number of rotatable bonds is 1. The predicted molar refractivity (Wildman–Crippen MR) is 69.7 cm³/mol. The molecule has 0 aliphatic heterocycles. The molecule has 0 unspecified atom stereocenters. The minimum atomic E-state index is 0.509. The van der Waals surface area contributed by atoms with Crippen LogP contribution in [0.15, 0.2) is 42.6 Å². The van der Waals surface area contributed by atoms with Gasteiger partial charge in [0, 0.05) is 12.1 Å². The maximum absolute atomic E-state index is 6.92. The van der Waals surface area contributed by atoms with Crippen LogP contribution in [0.2, 0.25) is 5.15 Å². The highest BCUT2D eigenvalue weighted by molar-refractivity contribution is 6.30. The van der Waals surface area contributed by atoms with Crippen molar-refractivity contribution in [3.8, 4) is 11.3 Å². The van der Waals surface area contributed by atoms with Crippen LogP contribution in [0.3, 0.4) is 0 Å². The van der Waals surface area contributed by atoms with Gasteiger partial charge in [0.15, 0.2) is 11.3 Å². The summed E-state index contributed by atoms with van der Waals surface area (Å²) in [6.07, 6.45) is 1.65. The van der Waals surface area contributed by atoms with Gasteiger partial charge in [-0.2, -0.15) is 5.10 Å². The fourth-order valence-electron chi connectivity index (χ4n) is 1.73. The second kappa shape index (κ2) is 4.13. The minimum absolute atomic E-state index is 0.509. The minimum Gasteiger partial charge on any atom is -0.238 e. The van der Waals surface area contributed by atoms with E-state index in [0.29, 0.717) is 16.5 Å². The van der Waals surface area contributed by atoms with Gasteiger partial charge in [-0.1, -0.05) is 35.9 Å². The van der Waals surface area contributed by atoms with Crippen molar-refractivity contribution in [2.24, 2.45) is 0 Å². The fourth-order valence-corrected chi connectivity index (χ4v) is 1.96. The molecule has 0 spiro atoms. The lowest BCUT2D eigenvalue weighted by atomic mass is 10.1. The van der Waals surface area contributed by atoms with Gasteiger partial charge in [-0.15, -0.1) is 0 Å². The van der Waals surface area contributed by atoms with Crippen LogP contribution in [0.25, 0.3) is 21.7 Å². The van der Waals surface area contributed by atoms with Crippen LogP contribution in [0.5, 0.6) is 0 Å². The molecule has 0 radical (unpaired) electrons. The van der Waals surface area contributed by atoms with Gasteiger partial charge in [0.1, 0.15) is 5.15 Å². The summed E-state index contributed by atoms with van der Waals surface area (Å²) >= 11 is 6.12. The summed E-state index contributed by atoms with van der Waals surface area (Å²) in [6.45, 7) is 6.92. The van der Waals surface area contributed by atoms with E-state index in [1.807, 2.05) is 12.1 Å². The molecule has 0 saturated carbocycles. The zero-order valence-electron chi connectivity index (χ0n) is 9.21. The van der Waals surface area contributed by atoms with Crippen molar-refractivity contribution in [2.75, 3.05) is 0 Å². The summed E-state index contributed by atoms with van der Waals surface area (Å²) in [5, 5.41) is 4.57. The monoisotopic (exact) mass is 254 g/mol. The average molecular weight is 255 g/mol. The van der Waals surface area contributed by atoms with Gasteiger partial charge in [0.25, 0.3) is 0 Å². The first-order chi connectivity index (χ1) is 8.78. The van der Waals surface area contributed by atoms with Gasteiger partial charge in [0.05, 0.1) is 18.5 Å². The number of benzene rings is 1. The third kappa shape index (κ3) is 1.71. The molecule has 2 heterocycles. The molecule has 0 aliphatic rings.